The van der Waals surface area contributed by atoms with Crippen LogP contribution in [0.1, 0.15) is 25.5 Å². The number of halogens is 2. The standard InChI is InChI=1S/C12H13ClFN3O/c1-6(2)17-10(11(15)16-12(17)18)7-3-4-8(13)9(14)5-7/h3-6,10H,1-2H3,(H2,15,16,18). The number of carbonyl (C=O) groups is 1. The molecule has 1 unspecified atom stereocenters. The largest absolute Gasteiger partial charge is 0.385 e. The van der Waals surface area contributed by atoms with Gasteiger partial charge in [-0.3, -0.25) is 0 Å². The van der Waals surface area contributed by atoms with Crippen LogP contribution in [-0.2, 0) is 0 Å². The summed E-state index contributed by atoms with van der Waals surface area (Å²) in [5.41, 5.74) is 6.32. The molecule has 1 atom stereocenters. The summed E-state index contributed by atoms with van der Waals surface area (Å²) in [6.07, 6.45) is 0. The van der Waals surface area contributed by atoms with Crippen molar-refractivity contribution < 1.29 is 9.18 Å². The van der Waals surface area contributed by atoms with E-state index in [-0.39, 0.29) is 16.9 Å². The number of benzene rings is 1. The average molecular weight is 270 g/mol. The minimum absolute atomic E-state index is 0.0367. The number of urea groups is 1. The molecule has 4 nitrogen and oxygen atoms in total. The van der Waals surface area contributed by atoms with Gasteiger partial charge < -0.3 is 10.6 Å². The van der Waals surface area contributed by atoms with E-state index in [1.807, 2.05) is 13.8 Å². The van der Waals surface area contributed by atoms with Crippen LogP contribution in [0.4, 0.5) is 9.18 Å². The fraction of sp³-hybridized carbons (Fsp3) is 0.333. The molecule has 0 radical (unpaired) electrons. The molecule has 0 aromatic heterocycles. The molecular weight excluding hydrogens is 257 g/mol. The van der Waals surface area contributed by atoms with E-state index >= 15 is 0 Å². The van der Waals surface area contributed by atoms with Crippen molar-refractivity contribution in [2.24, 2.45) is 10.7 Å². The molecule has 2 amide bonds. The van der Waals surface area contributed by atoms with Crippen molar-refractivity contribution in [2.75, 3.05) is 0 Å². The molecular formula is C12H13ClFN3O. The Hall–Kier alpha value is -1.62. The number of nitrogens with two attached hydrogens (primary N) is 1. The minimum atomic E-state index is -0.537. The Kier molecular flexibility index (Phi) is 3.26. The lowest BCUT2D eigenvalue weighted by Crippen LogP contribution is -2.38. The van der Waals surface area contributed by atoms with Crippen LogP contribution in [0.25, 0.3) is 0 Å². The third-order valence-corrected chi connectivity index (χ3v) is 3.13. The molecule has 96 valence electrons. The van der Waals surface area contributed by atoms with E-state index in [0.717, 1.165) is 0 Å². The third-order valence-electron chi connectivity index (χ3n) is 2.82. The van der Waals surface area contributed by atoms with Crippen molar-refractivity contribution in [3.63, 3.8) is 0 Å². The van der Waals surface area contributed by atoms with Crippen molar-refractivity contribution in [3.05, 3.63) is 34.6 Å². The van der Waals surface area contributed by atoms with E-state index in [4.69, 9.17) is 17.3 Å². The van der Waals surface area contributed by atoms with Gasteiger partial charge in [0.05, 0.1) is 5.02 Å². The van der Waals surface area contributed by atoms with Gasteiger partial charge in [-0.2, -0.15) is 4.99 Å². The Morgan fingerprint density at radius 3 is 2.72 bits per heavy atom. The Balaban J connectivity index is 2.44. The van der Waals surface area contributed by atoms with E-state index in [1.165, 1.54) is 17.0 Å². The van der Waals surface area contributed by atoms with Crippen molar-refractivity contribution in [3.8, 4) is 0 Å². The SMILES string of the molecule is CC(C)N1C(=O)N=C(N)C1c1ccc(Cl)c(F)c1. The number of hydrogen-bond donors (Lipinski definition) is 1. The molecule has 0 saturated carbocycles. The first kappa shape index (κ1) is 12.8. The fourth-order valence-electron chi connectivity index (χ4n) is 2.02. The molecule has 1 aromatic carbocycles. The van der Waals surface area contributed by atoms with Crippen LogP contribution in [0.5, 0.6) is 0 Å². The highest BCUT2D eigenvalue weighted by Gasteiger charge is 2.36. The van der Waals surface area contributed by atoms with Gasteiger partial charge in [0, 0.05) is 6.04 Å². The van der Waals surface area contributed by atoms with Crippen LogP contribution in [0.2, 0.25) is 5.02 Å². The van der Waals surface area contributed by atoms with Crippen molar-refractivity contribution in [2.45, 2.75) is 25.9 Å². The second-order valence-electron chi connectivity index (χ2n) is 4.40. The van der Waals surface area contributed by atoms with Gasteiger partial charge in [-0.1, -0.05) is 17.7 Å². The first-order valence-corrected chi connectivity index (χ1v) is 5.91. The summed E-state index contributed by atoms with van der Waals surface area (Å²) < 4.78 is 13.5. The average Bonchev–Trinajstić information content (AvgIpc) is 2.57. The zero-order valence-corrected chi connectivity index (χ0v) is 10.8. The monoisotopic (exact) mass is 269 g/mol. The lowest BCUT2D eigenvalue weighted by Gasteiger charge is -2.28. The Bertz CT molecular complexity index is 530. The van der Waals surface area contributed by atoms with Crippen LogP contribution in [0, 0.1) is 5.82 Å². The van der Waals surface area contributed by atoms with E-state index < -0.39 is 17.9 Å². The number of rotatable bonds is 2. The molecule has 0 spiro atoms. The van der Waals surface area contributed by atoms with Crippen LogP contribution in [-0.4, -0.2) is 22.8 Å². The van der Waals surface area contributed by atoms with Crippen LogP contribution < -0.4 is 5.73 Å². The van der Waals surface area contributed by atoms with Crippen molar-refractivity contribution in [1.82, 2.24) is 4.90 Å². The third kappa shape index (κ3) is 2.06. The van der Waals surface area contributed by atoms with E-state index in [1.54, 1.807) is 6.07 Å². The van der Waals surface area contributed by atoms with Gasteiger partial charge in [-0.05, 0) is 31.5 Å². The Morgan fingerprint density at radius 2 is 2.17 bits per heavy atom. The van der Waals surface area contributed by atoms with Crippen LogP contribution in [0.15, 0.2) is 23.2 Å². The lowest BCUT2D eigenvalue weighted by atomic mass is 10.0. The smallest absolute Gasteiger partial charge is 0.346 e. The zero-order valence-electron chi connectivity index (χ0n) is 10.0. The second kappa shape index (κ2) is 4.57. The van der Waals surface area contributed by atoms with Gasteiger partial charge in [-0.25, -0.2) is 9.18 Å². The number of nitrogens with zero attached hydrogens (tertiary/aromatic N) is 2. The molecule has 1 heterocycles. The molecule has 0 bridgehead atoms. The van der Waals surface area contributed by atoms with Gasteiger partial charge >= 0.3 is 6.03 Å². The summed E-state index contributed by atoms with van der Waals surface area (Å²) >= 11 is 5.63. The Labute approximate surface area is 109 Å². The predicted octanol–water partition coefficient (Wildman–Crippen LogP) is 2.72. The van der Waals surface area contributed by atoms with E-state index in [2.05, 4.69) is 4.99 Å². The number of aliphatic imine (C=N–C) groups is 1. The van der Waals surface area contributed by atoms with Gasteiger partial charge in [0.25, 0.3) is 0 Å². The molecule has 0 saturated heterocycles. The highest BCUT2D eigenvalue weighted by molar-refractivity contribution is 6.30. The zero-order chi connectivity index (χ0) is 13.4. The topological polar surface area (TPSA) is 58.7 Å². The summed E-state index contributed by atoms with van der Waals surface area (Å²) in [5, 5.41) is 0.0367. The summed E-state index contributed by atoms with van der Waals surface area (Å²) in [6, 6.07) is 3.37. The number of amidine groups is 1. The quantitative estimate of drug-likeness (QED) is 0.897. The molecule has 6 heteroatoms. The minimum Gasteiger partial charge on any atom is -0.385 e. The summed E-state index contributed by atoms with van der Waals surface area (Å²) in [5.74, 6) is -0.361. The highest BCUT2D eigenvalue weighted by Crippen LogP contribution is 2.30. The number of amides is 2. The van der Waals surface area contributed by atoms with Crippen molar-refractivity contribution >= 4 is 23.5 Å². The van der Waals surface area contributed by atoms with E-state index in [9.17, 15) is 9.18 Å². The van der Waals surface area contributed by atoms with Crippen LogP contribution in [0.3, 0.4) is 0 Å². The van der Waals surface area contributed by atoms with Gasteiger partial charge in [0.1, 0.15) is 17.7 Å². The van der Waals surface area contributed by atoms with Crippen LogP contribution >= 0.6 is 11.6 Å². The molecule has 18 heavy (non-hydrogen) atoms. The van der Waals surface area contributed by atoms with Crippen molar-refractivity contribution in [1.29, 1.82) is 0 Å². The summed E-state index contributed by atoms with van der Waals surface area (Å²) in [4.78, 5) is 16.9. The molecule has 0 fully saturated rings. The lowest BCUT2D eigenvalue weighted by molar-refractivity contribution is 0.190. The van der Waals surface area contributed by atoms with Gasteiger partial charge in [0.15, 0.2) is 0 Å². The first-order valence-electron chi connectivity index (χ1n) is 5.53. The Morgan fingerprint density at radius 1 is 1.50 bits per heavy atom. The molecule has 2 rings (SSSR count). The fourth-order valence-corrected chi connectivity index (χ4v) is 2.13. The normalized spacial score (nSPS) is 19.6. The second-order valence-corrected chi connectivity index (χ2v) is 4.80. The van der Waals surface area contributed by atoms with Gasteiger partial charge in [0.2, 0.25) is 0 Å². The summed E-state index contributed by atoms with van der Waals surface area (Å²) in [6.45, 7) is 3.70. The maximum absolute atomic E-state index is 13.5. The molecule has 1 aliphatic rings. The van der Waals surface area contributed by atoms with E-state index in [0.29, 0.717) is 5.56 Å². The predicted molar refractivity (Wildman–Crippen MR) is 68.1 cm³/mol. The molecule has 0 aliphatic carbocycles. The van der Waals surface area contributed by atoms with Gasteiger partial charge in [-0.15, -0.1) is 0 Å². The number of hydrogen-bond acceptors (Lipinski definition) is 2. The highest BCUT2D eigenvalue weighted by atomic mass is 35.5. The summed E-state index contributed by atoms with van der Waals surface area (Å²) in [7, 11) is 0. The maximum atomic E-state index is 13.5. The molecule has 1 aromatic rings. The maximum Gasteiger partial charge on any atom is 0.346 e. The molecule has 2 N–H and O–H groups in total. The number of carbonyl (C=O) groups excluding carboxylic acids is 1. The molecule has 1 aliphatic heterocycles. The first-order chi connectivity index (χ1) is 8.41.